The van der Waals surface area contributed by atoms with Gasteiger partial charge in [-0.3, -0.25) is 4.79 Å². The molecule has 0 amide bonds. The van der Waals surface area contributed by atoms with Crippen LogP contribution in [0.2, 0.25) is 0 Å². The van der Waals surface area contributed by atoms with E-state index in [0.717, 1.165) is 11.1 Å². The molecular formula is C21H14F3N5O. The normalized spacial score (nSPS) is 13.5. The molecule has 30 heavy (non-hydrogen) atoms. The molecule has 0 spiro atoms. The predicted octanol–water partition coefficient (Wildman–Crippen LogP) is 4.17. The molecule has 4 aromatic rings. The molecule has 0 atom stereocenters. The van der Waals surface area contributed by atoms with Crippen LogP contribution in [0, 0.1) is 0 Å². The lowest BCUT2D eigenvalue weighted by atomic mass is 10.0. The molecule has 0 bridgehead atoms. The summed E-state index contributed by atoms with van der Waals surface area (Å²) < 4.78 is 40.0. The van der Waals surface area contributed by atoms with E-state index in [1.807, 2.05) is 30.3 Å². The molecule has 1 aliphatic carbocycles. The molecular weight excluding hydrogens is 395 g/mol. The van der Waals surface area contributed by atoms with Gasteiger partial charge in [0.05, 0.1) is 28.5 Å². The Morgan fingerprint density at radius 1 is 1.17 bits per heavy atom. The average molecular weight is 409 g/mol. The highest BCUT2D eigenvalue weighted by Gasteiger charge is 2.34. The Hall–Kier alpha value is -3.88. The molecule has 0 unspecified atom stereocenters. The van der Waals surface area contributed by atoms with Crippen LogP contribution in [-0.2, 0) is 12.6 Å². The van der Waals surface area contributed by atoms with Crippen molar-refractivity contribution in [3.8, 4) is 5.69 Å². The third kappa shape index (κ3) is 2.86. The van der Waals surface area contributed by atoms with Crippen molar-refractivity contribution >= 4 is 28.7 Å². The number of halogens is 3. The lowest BCUT2D eigenvalue weighted by Crippen LogP contribution is -2.08. The number of rotatable bonds is 3. The lowest BCUT2D eigenvalue weighted by Gasteiger charge is -2.05. The molecule has 5 rings (SSSR count). The molecule has 0 fully saturated rings. The van der Waals surface area contributed by atoms with Crippen LogP contribution in [0.4, 0.5) is 19.0 Å². The summed E-state index contributed by atoms with van der Waals surface area (Å²) in [6.45, 7) is 0. The van der Waals surface area contributed by atoms with E-state index in [2.05, 4.69) is 15.1 Å². The quantitative estimate of drug-likeness (QED) is 0.497. The van der Waals surface area contributed by atoms with Gasteiger partial charge in [0.25, 0.3) is 0 Å². The molecule has 0 radical (unpaired) electrons. The van der Waals surface area contributed by atoms with Gasteiger partial charge >= 0.3 is 6.18 Å². The number of nitrogens with one attached hydrogen (secondary N) is 1. The minimum absolute atomic E-state index is 0.117. The molecule has 1 aliphatic rings. The molecule has 0 saturated heterocycles. The number of carbonyl (C=O) groups excluding carboxylic acids is 1. The minimum atomic E-state index is -4.57. The van der Waals surface area contributed by atoms with Gasteiger partial charge in [-0.25, -0.2) is 9.67 Å². The highest BCUT2D eigenvalue weighted by molar-refractivity contribution is 6.15. The summed E-state index contributed by atoms with van der Waals surface area (Å²) in [7, 11) is 0. The van der Waals surface area contributed by atoms with Crippen LogP contribution in [0.15, 0.2) is 54.2 Å². The number of alkyl halides is 3. The SMILES string of the molecule is Nc1c(C(=O)C2=Cc3ccccc3C2)cnn1-c1ccc2nc(C(F)(F)F)[nH]c2c1. The number of aromatic nitrogens is 4. The van der Waals surface area contributed by atoms with Gasteiger partial charge in [-0.15, -0.1) is 0 Å². The van der Waals surface area contributed by atoms with Gasteiger partial charge in [0.2, 0.25) is 5.82 Å². The fourth-order valence-electron chi connectivity index (χ4n) is 3.60. The van der Waals surface area contributed by atoms with Crippen molar-refractivity contribution < 1.29 is 18.0 Å². The number of carbonyl (C=O) groups is 1. The van der Waals surface area contributed by atoms with E-state index in [-0.39, 0.29) is 28.2 Å². The zero-order chi connectivity index (χ0) is 21.0. The van der Waals surface area contributed by atoms with Gasteiger partial charge < -0.3 is 10.7 Å². The maximum atomic E-state index is 13.0. The van der Waals surface area contributed by atoms with Crippen LogP contribution in [0.3, 0.4) is 0 Å². The molecule has 150 valence electrons. The van der Waals surface area contributed by atoms with E-state index >= 15 is 0 Å². The largest absolute Gasteiger partial charge is 0.449 e. The molecule has 2 heterocycles. The fraction of sp³-hybridized carbons (Fsp3) is 0.0952. The zero-order valence-electron chi connectivity index (χ0n) is 15.4. The van der Waals surface area contributed by atoms with Crippen molar-refractivity contribution in [1.82, 2.24) is 19.7 Å². The second-order valence-electron chi connectivity index (χ2n) is 7.01. The Labute approximate surface area is 167 Å². The number of aromatic amines is 1. The van der Waals surface area contributed by atoms with Crippen molar-refractivity contribution in [2.24, 2.45) is 0 Å². The van der Waals surface area contributed by atoms with E-state index in [1.165, 1.54) is 23.0 Å². The predicted molar refractivity (Wildman–Crippen MR) is 105 cm³/mol. The molecule has 0 aliphatic heterocycles. The van der Waals surface area contributed by atoms with E-state index in [0.29, 0.717) is 17.7 Å². The number of benzene rings is 2. The third-order valence-corrected chi connectivity index (χ3v) is 5.09. The Bertz CT molecular complexity index is 1350. The second-order valence-corrected chi connectivity index (χ2v) is 7.01. The van der Waals surface area contributed by atoms with Gasteiger partial charge in [0.15, 0.2) is 5.78 Å². The van der Waals surface area contributed by atoms with Crippen LogP contribution in [0.1, 0.15) is 27.3 Å². The third-order valence-electron chi connectivity index (χ3n) is 5.09. The smallest absolute Gasteiger partial charge is 0.383 e. The number of fused-ring (bicyclic) bond motifs is 2. The number of hydrogen-bond donors (Lipinski definition) is 2. The van der Waals surface area contributed by atoms with Gasteiger partial charge in [-0.05, 0) is 35.4 Å². The lowest BCUT2D eigenvalue weighted by molar-refractivity contribution is -0.144. The van der Waals surface area contributed by atoms with Crippen molar-refractivity contribution in [2.75, 3.05) is 5.73 Å². The summed E-state index contributed by atoms with van der Waals surface area (Å²) in [6, 6.07) is 12.2. The first-order valence-electron chi connectivity index (χ1n) is 9.05. The number of nitrogen functional groups attached to an aromatic ring is 1. The fourth-order valence-corrected chi connectivity index (χ4v) is 3.60. The first-order chi connectivity index (χ1) is 14.3. The average Bonchev–Trinajstić information content (AvgIpc) is 3.42. The van der Waals surface area contributed by atoms with E-state index in [4.69, 9.17) is 5.73 Å². The Kier molecular flexibility index (Phi) is 3.82. The highest BCUT2D eigenvalue weighted by Crippen LogP contribution is 2.31. The molecule has 9 heteroatoms. The van der Waals surface area contributed by atoms with Crippen LogP contribution in [0.25, 0.3) is 22.8 Å². The molecule has 3 N–H and O–H groups in total. The molecule has 0 saturated carbocycles. The van der Waals surface area contributed by atoms with Crippen molar-refractivity contribution in [2.45, 2.75) is 12.6 Å². The highest BCUT2D eigenvalue weighted by atomic mass is 19.4. The zero-order valence-corrected chi connectivity index (χ0v) is 15.4. The maximum absolute atomic E-state index is 13.0. The number of nitrogens with zero attached hydrogens (tertiary/aromatic N) is 3. The Balaban J connectivity index is 1.48. The summed E-state index contributed by atoms with van der Waals surface area (Å²) in [5.74, 6) is -1.18. The number of anilines is 1. The minimum Gasteiger partial charge on any atom is -0.383 e. The number of Topliss-reactive ketones (excluding diaryl/α,β-unsaturated/α-hetero) is 1. The molecule has 2 aromatic heterocycles. The second kappa shape index (κ2) is 6.31. The number of allylic oxidation sites excluding steroid dienone is 1. The molecule has 2 aromatic carbocycles. The summed E-state index contributed by atoms with van der Waals surface area (Å²) in [5.41, 5.74) is 9.87. The van der Waals surface area contributed by atoms with Crippen LogP contribution in [0.5, 0.6) is 0 Å². The Morgan fingerprint density at radius 2 is 1.97 bits per heavy atom. The van der Waals surface area contributed by atoms with Crippen molar-refractivity contribution in [3.05, 3.63) is 76.7 Å². The standard InChI is InChI=1S/C21H14F3N5O/c22-21(23,24)20-27-16-6-5-14(9-17(16)28-20)29-19(25)15(10-26-29)18(30)13-7-11-3-1-2-4-12(11)8-13/h1-7,9-10H,8,25H2,(H,27,28). The maximum Gasteiger partial charge on any atom is 0.449 e. The topological polar surface area (TPSA) is 89.6 Å². The van der Waals surface area contributed by atoms with Crippen molar-refractivity contribution in [3.63, 3.8) is 0 Å². The monoisotopic (exact) mass is 409 g/mol. The summed E-state index contributed by atoms with van der Waals surface area (Å²) in [5, 5.41) is 4.18. The number of H-pyrrole nitrogens is 1. The van der Waals surface area contributed by atoms with E-state index in [1.54, 1.807) is 6.07 Å². The van der Waals surface area contributed by atoms with Crippen LogP contribution >= 0.6 is 0 Å². The summed E-state index contributed by atoms with van der Waals surface area (Å²) in [4.78, 5) is 18.8. The Morgan fingerprint density at radius 3 is 2.73 bits per heavy atom. The van der Waals surface area contributed by atoms with Crippen LogP contribution < -0.4 is 5.73 Å². The first-order valence-corrected chi connectivity index (χ1v) is 9.05. The van der Waals surface area contributed by atoms with Gasteiger partial charge in [-0.1, -0.05) is 24.3 Å². The van der Waals surface area contributed by atoms with Gasteiger partial charge in [0.1, 0.15) is 5.82 Å². The summed E-state index contributed by atoms with van der Waals surface area (Å²) in [6.07, 6.45) is -0.848. The van der Waals surface area contributed by atoms with Gasteiger partial charge in [-0.2, -0.15) is 18.3 Å². The number of nitrogens with two attached hydrogens (primary N) is 1. The van der Waals surface area contributed by atoms with Crippen LogP contribution in [-0.4, -0.2) is 25.5 Å². The number of imidazole rings is 1. The first kappa shape index (κ1) is 18.2. The van der Waals surface area contributed by atoms with Crippen molar-refractivity contribution in [1.29, 1.82) is 0 Å². The van der Waals surface area contributed by atoms with E-state index in [9.17, 15) is 18.0 Å². The molecule has 6 nitrogen and oxygen atoms in total. The number of hydrogen-bond acceptors (Lipinski definition) is 4. The van der Waals surface area contributed by atoms with Gasteiger partial charge in [0, 0.05) is 12.0 Å². The van der Waals surface area contributed by atoms with E-state index < -0.39 is 12.0 Å². The summed E-state index contributed by atoms with van der Waals surface area (Å²) >= 11 is 0. The number of ketones is 1.